The number of piperidine rings is 1. The molecule has 174 valence electrons. The highest BCUT2D eigenvalue weighted by Crippen LogP contribution is 2.26. The predicted octanol–water partition coefficient (Wildman–Crippen LogP) is 3.56. The molecule has 0 radical (unpaired) electrons. The van der Waals surface area contributed by atoms with Gasteiger partial charge in [0.2, 0.25) is 10.0 Å². The lowest BCUT2D eigenvalue weighted by Crippen LogP contribution is -2.36. The zero-order valence-corrected chi connectivity index (χ0v) is 19.5. The molecule has 2 heterocycles. The van der Waals surface area contributed by atoms with E-state index in [-0.39, 0.29) is 16.3 Å². The molecule has 1 atom stereocenters. The average Bonchev–Trinajstić information content (AvgIpc) is 3.24. The van der Waals surface area contributed by atoms with E-state index < -0.39 is 22.0 Å². The maximum Gasteiger partial charge on any atom is 0.252 e. The van der Waals surface area contributed by atoms with Crippen LogP contribution in [0, 0.1) is 12.7 Å². The minimum absolute atomic E-state index is 0.146. The van der Waals surface area contributed by atoms with Crippen LogP contribution in [0.25, 0.3) is 0 Å². The molecule has 1 saturated heterocycles. The molecule has 9 heteroatoms. The molecule has 0 saturated carbocycles. The van der Waals surface area contributed by atoms with E-state index in [4.69, 9.17) is 0 Å². The molecular weight excluding hydrogens is 443 g/mol. The highest BCUT2D eigenvalue weighted by atomic mass is 32.2. The molecular formula is C24H27FN4O3S. The van der Waals surface area contributed by atoms with Crippen molar-refractivity contribution in [1.82, 2.24) is 19.2 Å². The Bertz CT molecular complexity index is 1250. The van der Waals surface area contributed by atoms with Gasteiger partial charge in [-0.1, -0.05) is 24.6 Å². The summed E-state index contributed by atoms with van der Waals surface area (Å²) in [7, 11) is -1.88. The largest absolute Gasteiger partial charge is 0.338 e. The van der Waals surface area contributed by atoms with Crippen LogP contribution in [0.2, 0.25) is 0 Å². The second-order valence-corrected chi connectivity index (χ2v) is 10.2. The monoisotopic (exact) mass is 470 g/mol. The van der Waals surface area contributed by atoms with E-state index in [0.29, 0.717) is 30.0 Å². The molecule has 1 amide bonds. The topological polar surface area (TPSA) is 84.3 Å². The zero-order valence-electron chi connectivity index (χ0n) is 18.7. The molecule has 1 aliphatic heterocycles. The van der Waals surface area contributed by atoms with Crippen LogP contribution in [0.3, 0.4) is 0 Å². The van der Waals surface area contributed by atoms with Crippen molar-refractivity contribution in [2.75, 3.05) is 13.1 Å². The van der Waals surface area contributed by atoms with Gasteiger partial charge < -0.3 is 9.88 Å². The van der Waals surface area contributed by atoms with E-state index in [1.54, 1.807) is 55.2 Å². The molecule has 1 aliphatic rings. The normalized spacial score (nSPS) is 15.8. The summed E-state index contributed by atoms with van der Waals surface area (Å²) in [5.41, 5.74) is 1.49. The molecule has 4 rings (SSSR count). The van der Waals surface area contributed by atoms with Crippen molar-refractivity contribution >= 4 is 15.9 Å². The molecule has 3 aromatic rings. The third-order valence-electron chi connectivity index (χ3n) is 5.98. The van der Waals surface area contributed by atoms with E-state index in [9.17, 15) is 17.6 Å². The number of sulfonamides is 1. The first-order valence-corrected chi connectivity index (χ1v) is 12.4. The Kier molecular flexibility index (Phi) is 6.62. The zero-order chi connectivity index (χ0) is 23.6. The van der Waals surface area contributed by atoms with Crippen LogP contribution in [0.15, 0.2) is 59.8 Å². The van der Waals surface area contributed by atoms with Crippen molar-refractivity contribution in [3.8, 4) is 0 Å². The van der Waals surface area contributed by atoms with Crippen LogP contribution in [-0.4, -0.2) is 41.3 Å². The molecule has 0 unspecified atom stereocenters. The number of rotatable bonds is 6. The Hall–Kier alpha value is -3.04. The Morgan fingerprint density at radius 1 is 1.09 bits per heavy atom. The summed E-state index contributed by atoms with van der Waals surface area (Å²) in [5.74, 6) is -0.250. The Morgan fingerprint density at radius 3 is 2.42 bits per heavy atom. The average molecular weight is 471 g/mol. The lowest BCUT2D eigenvalue weighted by Gasteiger charge is -2.26. The van der Waals surface area contributed by atoms with Crippen LogP contribution in [-0.2, 0) is 17.1 Å². The van der Waals surface area contributed by atoms with Gasteiger partial charge in [-0.3, -0.25) is 4.79 Å². The first kappa shape index (κ1) is 23.1. The molecule has 7 nitrogen and oxygen atoms in total. The van der Waals surface area contributed by atoms with Gasteiger partial charge in [0.05, 0.1) is 4.90 Å². The van der Waals surface area contributed by atoms with Gasteiger partial charge >= 0.3 is 0 Å². The van der Waals surface area contributed by atoms with Gasteiger partial charge in [-0.15, -0.1) is 0 Å². The van der Waals surface area contributed by atoms with Crippen molar-refractivity contribution in [1.29, 1.82) is 0 Å². The SMILES string of the molecule is Cc1ccc(C(=O)N[C@H](c2ccc(F)cc2)c2nccn2C)cc1S(=O)(=O)N1CCCCC1. The third kappa shape index (κ3) is 4.84. The van der Waals surface area contributed by atoms with Gasteiger partial charge in [-0.2, -0.15) is 4.31 Å². The highest BCUT2D eigenvalue weighted by molar-refractivity contribution is 7.89. The van der Waals surface area contributed by atoms with Gasteiger partial charge in [0.25, 0.3) is 5.91 Å². The van der Waals surface area contributed by atoms with Gasteiger partial charge in [0, 0.05) is 38.1 Å². The van der Waals surface area contributed by atoms with Crippen molar-refractivity contribution in [2.45, 2.75) is 37.1 Å². The van der Waals surface area contributed by atoms with Crippen LogP contribution in [0.5, 0.6) is 0 Å². The summed E-state index contributed by atoms with van der Waals surface area (Å²) in [5, 5.41) is 2.94. The molecule has 1 N–H and O–H groups in total. The summed E-state index contributed by atoms with van der Waals surface area (Å²) in [6, 6.07) is 9.90. The van der Waals surface area contributed by atoms with E-state index in [2.05, 4.69) is 10.3 Å². The smallest absolute Gasteiger partial charge is 0.252 e. The van der Waals surface area contributed by atoms with Gasteiger partial charge in [-0.05, 0) is 55.2 Å². The maximum absolute atomic E-state index is 13.5. The van der Waals surface area contributed by atoms with E-state index in [1.807, 2.05) is 0 Å². The fraction of sp³-hybridized carbons (Fsp3) is 0.333. The number of imidazole rings is 1. The quantitative estimate of drug-likeness (QED) is 0.597. The van der Waals surface area contributed by atoms with E-state index in [0.717, 1.165) is 19.3 Å². The number of nitrogens with zero attached hydrogens (tertiary/aromatic N) is 3. The highest BCUT2D eigenvalue weighted by Gasteiger charge is 2.29. The number of hydrogen-bond donors (Lipinski definition) is 1. The number of hydrogen-bond acceptors (Lipinski definition) is 4. The summed E-state index contributed by atoms with van der Waals surface area (Å²) >= 11 is 0. The molecule has 1 fully saturated rings. The number of benzene rings is 2. The lowest BCUT2D eigenvalue weighted by molar-refractivity contribution is 0.0941. The van der Waals surface area contributed by atoms with Gasteiger partial charge in [0.15, 0.2) is 0 Å². The number of aromatic nitrogens is 2. The standard InChI is InChI=1S/C24H27FN4O3S/c1-17-6-7-19(16-21(17)33(31,32)29-13-4-3-5-14-29)24(30)27-22(23-26-12-15-28(23)2)18-8-10-20(25)11-9-18/h6-12,15-16,22H,3-5,13-14H2,1-2H3,(H,27,30)/t22-/m1/s1. The molecule has 33 heavy (non-hydrogen) atoms. The predicted molar refractivity (Wildman–Crippen MR) is 123 cm³/mol. The van der Waals surface area contributed by atoms with E-state index >= 15 is 0 Å². The molecule has 2 aromatic carbocycles. The fourth-order valence-electron chi connectivity index (χ4n) is 4.09. The number of halogens is 1. The maximum atomic E-state index is 13.5. The van der Waals surface area contributed by atoms with Crippen molar-refractivity contribution in [3.63, 3.8) is 0 Å². The molecule has 0 aliphatic carbocycles. The van der Waals surface area contributed by atoms with Gasteiger partial charge in [0.1, 0.15) is 17.7 Å². The molecule has 1 aromatic heterocycles. The summed E-state index contributed by atoms with van der Waals surface area (Å²) in [6.45, 7) is 2.71. The Labute approximate surface area is 193 Å². The first-order valence-electron chi connectivity index (χ1n) is 10.9. The second kappa shape index (κ2) is 9.44. The second-order valence-electron chi connectivity index (χ2n) is 8.30. The van der Waals surface area contributed by atoms with Crippen LogP contribution < -0.4 is 5.32 Å². The number of carbonyl (C=O) groups excluding carboxylic acids is 1. The fourth-order valence-corrected chi connectivity index (χ4v) is 5.85. The Morgan fingerprint density at radius 2 is 1.79 bits per heavy atom. The summed E-state index contributed by atoms with van der Waals surface area (Å²) in [4.78, 5) is 17.7. The summed E-state index contributed by atoms with van der Waals surface area (Å²) in [6.07, 6.45) is 6.06. The van der Waals surface area contributed by atoms with Gasteiger partial charge in [-0.25, -0.2) is 17.8 Å². The minimum atomic E-state index is -3.69. The number of aryl methyl sites for hydroxylation is 2. The van der Waals surface area contributed by atoms with Crippen LogP contribution in [0.4, 0.5) is 4.39 Å². The lowest BCUT2D eigenvalue weighted by atomic mass is 10.0. The number of carbonyl (C=O) groups is 1. The number of amides is 1. The summed E-state index contributed by atoms with van der Waals surface area (Å²) < 4.78 is 43.2. The van der Waals surface area contributed by atoms with Crippen LogP contribution in [0.1, 0.15) is 52.6 Å². The minimum Gasteiger partial charge on any atom is -0.338 e. The van der Waals surface area contributed by atoms with E-state index in [1.165, 1.54) is 22.5 Å². The number of nitrogens with one attached hydrogen (secondary N) is 1. The molecule has 0 bridgehead atoms. The van der Waals surface area contributed by atoms with Crippen molar-refractivity contribution in [3.05, 3.63) is 83.2 Å². The first-order chi connectivity index (χ1) is 15.8. The van der Waals surface area contributed by atoms with Crippen LogP contribution >= 0.6 is 0 Å². The molecule has 0 spiro atoms. The van der Waals surface area contributed by atoms with Crippen molar-refractivity contribution in [2.24, 2.45) is 7.05 Å². The Balaban J connectivity index is 1.66. The third-order valence-corrected chi connectivity index (χ3v) is 8.02. The van der Waals surface area contributed by atoms with Crippen molar-refractivity contribution < 1.29 is 17.6 Å².